The highest BCUT2D eigenvalue weighted by atomic mass is 35.5. The number of hydrogen-bond donors (Lipinski definition) is 1. The Morgan fingerprint density at radius 3 is 1.89 bits per heavy atom. The van der Waals surface area contributed by atoms with Crippen LogP contribution in [-0.4, -0.2) is 20.2 Å². The van der Waals surface area contributed by atoms with Gasteiger partial charge in [0.1, 0.15) is 5.75 Å². The Balaban J connectivity index is 2.00. The maximum Gasteiger partial charge on any atom is 0.118 e. The number of rotatable bonds is 3. The molecule has 2 aromatic carbocycles. The van der Waals surface area contributed by atoms with E-state index in [0.717, 1.165) is 23.9 Å². The summed E-state index contributed by atoms with van der Waals surface area (Å²) in [5, 5.41) is 4.16. The molecular weight excluding hydrogens is 258 g/mol. The summed E-state index contributed by atoms with van der Waals surface area (Å²) in [7, 11) is 1.69. The van der Waals surface area contributed by atoms with Gasteiger partial charge < -0.3 is 10.1 Å². The number of methoxy groups -OCH3 is 1. The number of halogens is 1. The Kier molecular flexibility index (Phi) is 3.21. The van der Waals surface area contributed by atoms with Crippen LogP contribution in [0, 0.1) is 0 Å². The van der Waals surface area contributed by atoms with Gasteiger partial charge >= 0.3 is 0 Å². The first-order valence-corrected chi connectivity index (χ1v) is 6.74. The highest BCUT2D eigenvalue weighted by Crippen LogP contribution is 2.37. The zero-order chi connectivity index (χ0) is 13.3. The van der Waals surface area contributed by atoms with Crippen molar-refractivity contribution < 1.29 is 4.74 Å². The lowest BCUT2D eigenvalue weighted by molar-refractivity contribution is 0.334. The van der Waals surface area contributed by atoms with E-state index in [1.807, 2.05) is 24.3 Å². The molecule has 98 valence electrons. The lowest BCUT2D eigenvalue weighted by atomic mass is 9.70. The van der Waals surface area contributed by atoms with Gasteiger partial charge in [-0.3, -0.25) is 0 Å². The molecule has 2 nitrogen and oxygen atoms in total. The fraction of sp³-hybridized carbons (Fsp3) is 0.250. The van der Waals surface area contributed by atoms with Crippen molar-refractivity contribution in [2.75, 3.05) is 20.2 Å². The first-order valence-electron chi connectivity index (χ1n) is 6.36. The molecule has 0 aromatic heterocycles. The molecule has 2 aromatic rings. The molecule has 1 aliphatic rings. The van der Waals surface area contributed by atoms with Crippen molar-refractivity contribution in [2.24, 2.45) is 0 Å². The number of hydrogen-bond acceptors (Lipinski definition) is 2. The Morgan fingerprint density at radius 2 is 1.47 bits per heavy atom. The second kappa shape index (κ2) is 4.87. The van der Waals surface area contributed by atoms with Crippen LogP contribution < -0.4 is 10.1 Å². The molecule has 1 heterocycles. The van der Waals surface area contributed by atoms with Crippen LogP contribution in [0.2, 0.25) is 5.02 Å². The third-order valence-electron chi connectivity index (χ3n) is 3.89. The van der Waals surface area contributed by atoms with E-state index >= 15 is 0 Å². The Hall–Kier alpha value is -1.51. The number of nitrogens with one attached hydrogen (secondary N) is 1. The van der Waals surface area contributed by atoms with Gasteiger partial charge in [0.15, 0.2) is 0 Å². The van der Waals surface area contributed by atoms with Crippen LogP contribution in [0.4, 0.5) is 0 Å². The molecule has 0 radical (unpaired) electrons. The van der Waals surface area contributed by atoms with E-state index < -0.39 is 0 Å². The summed E-state index contributed by atoms with van der Waals surface area (Å²) < 4.78 is 5.22. The summed E-state index contributed by atoms with van der Waals surface area (Å²) in [4.78, 5) is 0. The van der Waals surface area contributed by atoms with Crippen molar-refractivity contribution in [3.8, 4) is 5.75 Å². The predicted octanol–water partition coefficient (Wildman–Crippen LogP) is 3.24. The summed E-state index contributed by atoms with van der Waals surface area (Å²) >= 11 is 5.98. The summed E-state index contributed by atoms with van der Waals surface area (Å²) in [5.74, 6) is 0.891. The third-order valence-corrected chi connectivity index (χ3v) is 4.14. The van der Waals surface area contributed by atoms with E-state index in [1.165, 1.54) is 11.1 Å². The molecule has 1 aliphatic heterocycles. The largest absolute Gasteiger partial charge is 0.497 e. The van der Waals surface area contributed by atoms with Crippen LogP contribution in [0.1, 0.15) is 11.1 Å². The monoisotopic (exact) mass is 273 g/mol. The molecule has 0 amide bonds. The summed E-state index contributed by atoms with van der Waals surface area (Å²) in [6.07, 6.45) is 0. The average Bonchev–Trinajstić information content (AvgIpc) is 2.40. The smallest absolute Gasteiger partial charge is 0.118 e. The van der Waals surface area contributed by atoms with E-state index in [4.69, 9.17) is 16.3 Å². The second-order valence-corrected chi connectivity index (χ2v) is 5.36. The maximum atomic E-state index is 5.98. The van der Waals surface area contributed by atoms with Crippen LogP contribution in [0.25, 0.3) is 0 Å². The highest BCUT2D eigenvalue weighted by molar-refractivity contribution is 6.30. The first-order chi connectivity index (χ1) is 9.24. The number of benzene rings is 2. The Morgan fingerprint density at radius 1 is 0.947 bits per heavy atom. The van der Waals surface area contributed by atoms with Crippen molar-refractivity contribution in [1.29, 1.82) is 0 Å². The van der Waals surface area contributed by atoms with E-state index in [2.05, 4.69) is 29.6 Å². The van der Waals surface area contributed by atoms with Gasteiger partial charge in [0.05, 0.1) is 7.11 Å². The van der Waals surface area contributed by atoms with Gasteiger partial charge in [0, 0.05) is 23.5 Å². The second-order valence-electron chi connectivity index (χ2n) is 4.92. The highest BCUT2D eigenvalue weighted by Gasteiger charge is 2.40. The average molecular weight is 274 g/mol. The third kappa shape index (κ3) is 2.11. The van der Waals surface area contributed by atoms with Gasteiger partial charge in [-0.25, -0.2) is 0 Å². The van der Waals surface area contributed by atoms with Crippen LogP contribution in [0.3, 0.4) is 0 Å². The van der Waals surface area contributed by atoms with Gasteiger partial charge in [0.25, 0.3) is 0 Å². The van der Waals surface area contributed by atoms with Crippen molar-refractivity contribution in [3.05, 3.63) is 64.7 Å². The fourth-order valence-electron chi connectivity index (χ4n) is 2.63. The van der Waals surface area contributed by atoms with Crippen molar-refractivity contribution >= 4 is 11.6 Å². The molecule has 1 saturated heterocycles. The van der Waals surface area contributed by atoms with Gasteiger partial charge in [-0.2, -0.15) is 0 Å². The Bertz CT molecular complexity index is 558. The lowest BCUT2D eigenvalue weighted by Crippen LogP contribution is -2.57. The fourth-order valence-corrected chi connectivity index (χ4v) is 2.75. The minimum atomic E-state index is 0.0663. The van der Waals surface area contributed by atoms with E-state index in [0.29, 0.717) is 0 Å². The van der Waals surface area contributed by atoms with Crippen molar-refractivity contribution in [1.82, 2.24) is 5.32 Å². The topological polar surface area (TPSA) is 21.3 Å². The predicted molar refractivity (Wildman–Crippen MR) is 78.1 cm³/mol. The molecule has 0 saturated carbocycles. The minimum absolute atomic E-state index is 0.0663. The van der Waals surface area contributed by atoms with Gasteiger partial charge in [-0.05, 0) is 35.4 Å². The lowest BCUT2D eigenvalue weighted by Gasteiger charge is -2.44. The van der Waals surface area contributed by atoms with Gasteiger partial charge in [0.2, 0.25) is 0 Å². The molecule has 3 rings (SSSR count). The van der Waals surface area contributed by atoms with Crippen LogP contribution in [0.15, 0.2) is 48.5 Å². The molecule has 0 aliphatic carbocycles. The van der Waals surface area contributed by atoms with E-state index in [-0.39, 0.29) is 5.41 Å². The summed E-state index contributed by atoms with van der Waals surface area (Å²) in [6, 6.07) is 16.5. The molecule has 19 heavy (non-hydrogen) atoms. The quantitative estimate of drug-likeness (QED) is 0.927. The van der Waals surface area contributed by atoms with E-state index in [1.54, 1.807) is 7.11 Å². The molecule has 1 fully saturated rings. The molecule has 0 atom stereocenters. The molecule has 0 bridgehead atoms. The molecule has 3 heteroatoms. The normalized spacial score (nSPS) is 16.7. The van der Waals surface area contributed by atoms with Crippen LogP contribution in [0.5, 0.6) is 5.75 Å². The minimum Gasteiger partial charge on any atom is -0.497 e. The van der Waals surface area contributed by atoms with Crippen molar-refractivity contribution in [2.45, 2.75) is 5.41 Å². The van der Waals surface area contributed by atoms with E-state index in [9.17, 15) is 0 Å². The zero-order valence-corrected chi connectivity index (χ0v) is 11.6. The Labute approximate surface area is 118 Å². The zero-order valence-electron chi connectivity index (χ0n) is 10.8. The molecular formula is C16H16ClNO. The summed E-state index contributed by atoms with van der Waals surface area (Å²) in [6.45, 7) is 1.92. The molecule has 0 spiro atoms. The SMILES string of the molecule is COc1ccc(C2(c3ccc(Cl)cc3)CNC2)cc1. The summed E-state index contributed by atoms with van der Waals surface area (Å²) in [5.41, 5.74) is 2.69. The van der Waals surface area contributed by atoms with Crippen LogP contribution >= 0.6 is 11.6 Å². The molecule has 1 N–H and O–H groups in total. The van der Waals surface area contributed by atoms with Crippen molar-refractivity contribution in [3.63, 3.8) is 0 Å². The first kappa shape index (κ1) is 12.5. The van der Waals surface area contributed by atoms with Gasteiger partial charge in [-0.1, -0.05) is 35.9 Å². The number of ether oxygens (including phenoxy) is 1. The van der Waals surface area contributed by atoms with Gasteiger partial charge in [-0.15, -0.1) is 0 Å². The standard InChI is InChI=1S/C16H16ClNO/c1-19-15-8-4-13(5-9-15)16(10-18-11-16)12-2-6-14(17)7-3-12/h2-9,18H,10-11H2,1H3. The van der Waals surface area contributed by atoms with Crippen LogP contribution in [-0.2, 0) is 5.41 Å². The maximum absolute atomic E-state index is 5.98. The molecule has 0 unspecified atom stereocenters.